The van der Waals surface area contributed by atoms with Gasteiger partial charge in [0.05, 0.1) is 12.4 Å². The fourth-order valence-corrected chi connectivity index (χ4v) is 3.64. The third-order valence-corrected chi connectivity index (χ3v) is 4.51. The standard InChI is InChI=1S/C13H14O2S/c14-12-8-16-7-10(12)5-9-6-15-13-4-2-1-3-11(9)13/h1-4,9-10H,5-8H2. The number of Topliss-reactive ketones (excluding diaryl/α,β-unsaturated/α-hetero) is 1. The Hall–Kier alpha value is -0.960. The predicted octanol–water partition coefficient (Wildman–Crippen LogP) is 2.48. The number of fused-ring (bicyclic) bond motifs is 1. The normalized spacial score (nSPS) is 27.9. The van der Waals surface area contributed by atoms with Crippen molar-refractivity contribution in [2.75, 3.05) is 18.1 Å². The number of ketones is 1. The van der Waals surface area contributed by atoms with Crippen molar-refractivity contribution in [1.82, 2.24) is 0 Å². The third kappa shape index (κ3) is 1.73. The molecule has 0 saturated carbocycles. The van der Waals surface area contributed by atoms with Crippen LogP contribution in [0.5, 0.6) is 5.75 Å². The molecule has 0 aliphatic carbocycles. The second-order valence-corrected chi connectivity index (χ2v) is 5.49. The van der Waals surface area contributed by atoms with Gasteiger partial charge < -0.3 is 4.74 Å². The lowest BCUT2D eigenvalue weighted by atomic mass is 9.89. The van der Waals surface area contributed by atoms with E-state index in [9.17, 15) is 4.79 Å². The Kier molecular flexibility index (Phi) is 2.64. The van der Waals surface area contributed by atoms with E-state index in [4.69, 9.17) is 4.74 Å². The molecule has 0 amide bonds. The summed E-state index contributed by atoms with van der Waals surface area (Å²) >= 11 is 1.76. The Balaban J connectivity index is 1.75. The smallest absolute Gasteiger partial charge is 0.146 e. The Morgan fingerprint density at radius 2 is 2.19 bits per heavy atom. The number of ether oxygens (including phenoxy) is 1. The maximum absolute atomic E-state index is 11.6. The lowest BCUT2D eigenvalue weighted by Crippen LogP contribution is -2.16. The third-order valence-electron chi connectivity index (χ3n) is 3.39. The maximum atomic E-state index is 11.6. The van der Waals surface area contributed by atoms with Crippen molar-refractivity contribution in [3.8, 4) is 5.75 Å². The zero-order valence-electron chi connectivity index (χ0n) is 9.02. The summed E-state index contributed by atoms with van der Waals surface area (Å²) < 4.78 is 5.64. The van der Waals surface area contributed by atoms with E-state index in [0.717, 1.165) is 24.5 Å². The minimum atomic E-state index is 0.254. The molecular weight excluding hydrogens is 220 g/mol. The van der Waals surface area contributed by atoms with E-state index in [2.05, 4.69) is 6.07 Å². The van der Waals surface area contributed by atoms with Crippen LogP contribution in [-0.4, -0.2) is 23.9 Å². The molecule has 3 heteroatoms. The monoisotopic (exact) mass is 234 g/mol. The Morgan fingerprint density at radius 1 is 1.31 bits per heavy atom. The average molecular weight is 234 g/mol. The first-order valence-corrected chi connectivity index (χ1v) is 6.82. The van der Waals surface area contributed by atoms with Gasteiger partial charge in [-0.05, 0) is 12.5 Å². The van der Waals surface area contributed by atoms with Gasteiger partial charge in [-0.1, -0.05) is 18.2 Å². The molecule has 1 aromatic carbocycles. The van der Waals surface area contributed by atoms with Gasteiger partial charge in [-0.3, -0.25) is 4.79 Å². The van der Waals surface area contributed by atoms with Crippen molar-refractivity contribution in [3.05, 3.63) is 29.8 Å². The largest absolute Gasteiger partial charge is 0.493 e. The van der Waals surface area contributed by atoms with Crippen molar-refractivity contribution in [2.24, 2.45) is 5.92 Å². The number of para-hydroxylation sites is 1. The number of carbonyl (C=O) groups is 1. The second-order valence-electron chi connectivity index (χ2n) is 4.46. The van der Waals surface area contributed by atoms with Crippen LogP contribution >= 0.6 is 11.8 Å². The van der Waals surface area contributed by atoms with Gasteiger partial charge in [0.25, 0.3) is 0 Å². The zero-order valence-corrected chi connectivity index (χ0v) is 9.83. The molecule has 2 atom stereocenters. The highest BCUT2D eigenvalue weighted by molar-refractivity contribution is 8.00. The van der Waals surface area contributed by atoms with Crippen LogP contribution in [0.2, 0.25) is 0 Å². The Morgan fingerprint density at radius 3 is 3.00 bits per heavy atom. The number of thioether (sulfide) groups is 1. The van der Waals surface area contributed by atoms with Crippen LogP contribution in [0.25, 0.3) is 0 Å². The van der Waals surface area contributed by atoms with Crippen molar-refractivity contribution in [2.45, 2.75) is 12.3 Å². The summed E-state index contributed by atoms with van der Waals surface area (Å²) in [6.07, 6.45) is 0.961. The van der Waals surface area contributed by atoms with Crippen LogP contribution in [0, 0.1) is 5.92 Å². The Labute approximate surface area is 99.4 Å². The molecule has 1 fully saturated rings. The molecule has 0 radical (unpaired) electrons. The summed E-state index contributed by atoms with van der Waals surface area (Å²) in [5.41, 5.74) is 1.28. The molecule has 0 spiro atoms. The van der Waals surface area contributed by atoms with E-state index in [1.807, 2.05) is 18.2 Å². The molecule has 84 valence electrons. The lowest BCUT2D eigenvalue weighted by molar-refractivity contribution is -0.119. The van der Waals surface area contributed by atoms with Gasteiger partial charge in [0.1, 0.15) is 11.5 Å². The van der Waals surface area contributed by atoms with Crippen LogP contribution in [0.4, 0.5) is 0 Å². The molecule has 3 rings (SSSR count). The zero-order chi connectivity index (χ0) is 11.0. The highest BCUT2D eigenvalue weighted by Gasteiger charge is 2.32. The van der Waals surface area contributed by atoms with E-state index < -0.39 is 0 Å². The highest BCUT2D eigenvalue weighted by Crippen LogP contribution is 2.39. The van der Waals surface area contributed by atoms with E-state index >= 15 is 0 Å². The van der Waals surface area contributed by atoms with E-state index in [-0.39, 0.29) is 5.92 Å². The lowest BCUT2D eigenvalue weighted by Gasteiger charge is -2.12. The van der Waals surface area contributed by atoms with Gasteiger partial charge in [0.2, 0.25) is 0 Å². The van der Waals surface area contributed by atoms with E-state index in [1.54, 1.807) is 11.8 Å². The van der Waals surface area contributed by atoms with Crippen LogP contribution in [0.3, 0.4) is 0 Å². The molecule has 0 aromatic heterocycles. The highest BCUT2D eigenvalue weighted by atomic mass is 32.2. The molecule has 1 aromatic rings. The number of benzene rings is 1. The fraction of sp³-hybridized carbons (Fsp3) is 0.462. The number of rotatable bonds is 2. The summed E-state index contributed by atoms with van der Waals surface area (Å²) in [4.78, 5) is 11.6. The molecule has 1 saturated heterocycles. The maximum Gasteiger partial charge on any atom is 0.146 e. The first kappa shape index (κ1) is 10.2. The molecule has 2 unspecified atom stereocenters. The minimum absolute atomic E-state index is 0.254. The fourth-order valence-electron chi connectivity index (χ4n) is 2.48. The molecule has 2 nitrogen and oxygen atoms in total. The van der Waals surface area contributed by atoms with Gasteiger partial charge >= 0.3 is 0 Å². The van der Waals surface area contributed by atoms with Gasteiger partial charge in [-0.25, -0.2) is 0 Å². The van der Waals surface area contributed by atoms with Crippen LogP contribution < -0.4 is 4.74 Å². The van der Waals surface area contributed by atoms with Crippen molar-refractivity contribution >= 4 is 17.5 Å². The second kappa shape index (κ2) is 4.13. The van der Waals surface area contributed by atoms with E-state index in [1.165, 1.54) is 5.56 Å². The molecule has 2 heterocycles. The van der Waals surface area contributed by atoms with Crippen LogP contribution in [0.1, 0.15) is 17.9 Å². The average Bonchev–Trinajstić information content (AvgIpc) is 2.88. The van der Waals surface area contributed by atoms with Crippen molar-refractivity contribution < 1.29 is 9.53 Å². The Bertz CT molecular complexity index is 416. The van der Waals surface area contributed by atoms with Gasteiger partial charge in [0, 0.05) is 23.2 Å². The summed E-state index contributed by atoms with van der Waals surface area (Å²) in [7, 11) is 0. The summed E-state index contributed by atoms with van der Waals surface area (Å²) in [6.45, 7) is 0.744. The van der Waals surface area contributed by atoms with Gasteiger partial charge in [-0.15, -0.1) is 0 Å². The molecule has 2 aliphatic rings. The predicted molar refractivity (Wildman–Crippen MR) is 65.1 cm³/mol. The van der Waals surface area contributed by atoms with Gasteiger partial charge in [0.15, 0.2) is 0 Å². The van der Waals surface area contributed by atoms with Gasteiger partial charge in [-0.2, -0.15) is 11.8 Å². The van der Waals surface area contributed by atoms with Crippen LogP contribution in [-0.2, 0) is 4.79 Å². The van der Waals surface area contributed by atoms with Crippen LogP contribution in [0.15, 0.2) is 24.3 Å². The summed E-state index contributed by atoms with van der Waals surface area (Å²) in [6, 6.07) is 8.18. The van der Waals surface area contributed by atoms with Crippen molar-refractivity contribution in [1.29, 1.82) is 0 Å². The molecule has 0 bridgehead atoms. The quantitative estimate of drug-likeness (QED) is 0.786. The first-order valence-electron chi connectivity index (χ1n) is 5.67. The first-order chi connectivity index (χ1) is 7.84. The number of carbonyl (C=O) groups excluding carboxylic acids is 1. The molecular formula is C13H14O2S. The molecule has 0 N–H and O–H groups in total. The minimum Gasteiger partial charge on any atom is -0.493 e. The topological polar surface area (TPSA) is 26.3 Å². The molecule has 2 aliphatic heterocycles. The van der Waals surface area contributed by atoms with E-state index in [0.29, 0.717) is 17.5 Å². The summed E-state index contributed by atoms with van der Waals surface area (Å²) in [5.74, 6) is 3.81. The summed E-state index contributed by atoms with van der Waals surface area (Å²) in [5, 5.41) is 0. The SMILES string of the molecule is O=C1CSCC1CC1COc2ccccc21. The number of hydrogen-bond donors (Lipinski definition) is 0. The van der Waals surface area contributed by atoms with Crippen molar-refractivity contribution in [3.63, 3.8) is 0 Å². The molecule has 16 heavy (non-hydrogen) atoms. The number of hydrogen-bond acceptors (Lipinski definition) is 3.